The van der Waals surface area contributed by atoms with Crippen molar-refractivity contribution in [3.63, 3.8) is 0 Å². The number of anilines is 1. The fourth-order valence-electron chi connectivity index (χ4n) is 3.64. The van der Waals surface area contributed by atoms with Gasteiger partial charge in [-0.25, -0.2) is 4.39 Å². The van der Waals surface area contributed by atoms with Gasteiger partial charge in [-0.1, -0.05) is 32.0 Å². The van der Waals surface area contributed by atoms with E-state index in [-0.39, 0.29) is 29.7 Å². The minimum Gasteiger partial charge on any atom is -0.375 e. The van der Waals surface area contributed by atoms with Crippen LogP contribution in [0.1, 0.15) is 42.6 Å². The first-order chi connectivity index (χ1) is 13.8. The van der Waals surface area contributed by atoms with E-state index in [2.05, 4.69) is 5.32 Å². The van der Waals surface area contributed by atoms with Crippen LogP contribution in [-0.2, 0) is 9.53 Å². The summed E-state index contributed by atoms with van der Waals surface area (Å²) in [6, 6.07) is 13.0. The lowest BCUT2D eigenvalue weighted by Gasteiger charge is -2.31. The predicted octanol–water partition coefficient (Wildman–Crippen LogP) is 4.06. The van der Waals surface area contributed by atoms with Crippen LogP contribution in [0.15, 0.2) is 48.5 Å². The van der Waals surface area contributed by atoms with Crippen LogP contribution in [0.4, 0.5) is 10.1 Å². The molecule has 0 aromatic heterocycles. The smallest absolute Gasteiger partial charge is 0.254 e. The van der Waals surface area contributed by atoms with Crippen LogP contribution in [0.3, 0.4) is 0 Å². The molecular formula is C23H27FN2O3. The van der Waals surface area contributed by atoms with Gasteiger partial charge in [0, 0.05) is 24.3 Å². The second kappa shape index (κ2) is 9.18. The Hall–Kier alpha value is -2.73. The summed E-state index contributed by atoms with van der Waals surface area (Å²) in [5.74, 6) is -0.984. The lowest BCUT2D eigenvalue weighted by molar-refractivity contribution is -0.118. The number of rotatable bonds is 5. The van der Waals surface area contributed by atoms with Crippen LogP contribution < -0.4 is 5.32 Å². The Balaban J connectivity index is 1.75. The Morgan fingerprint density at radius 3 is 2.55 bits per heavy atom. The molecule has 2 amide bonds. The van der Waals surface area contributed by atoms with E-state index in [1.165, 1.54) is 12.1 Å². The number of hydrogen-bond acceptors (Lipinski definition) is 3. The Bertz CT molecular complexity index is 867. The zero-order chi connectivity index (χ0) is 21.0. The third-order valence-electron chi connectivity index (χ3n) is 5.08. The minimum atomic E-state index is -0.421. The highest BCUT2D eigenvalue weighted by atomic mass is 19.1. The van der Waals surface area contributed by atoms with E-state index >= 15 is 0 Å². The predicted molar refractivity (Wildman–Crippen MR) is 110 cm³/mol. The highest BCUT2D eigenvalue weighted by Crippen LogP contribution is 2.27. The summed E-state index contributed by atoms with van der Waals surface area (Å²) in [4.78, 5) is 27.5. The van der Waals surface area contributed by atoms with E-state index in [1.807, 2.05) is 20.8 Å². The van der Waals surface area contributed by atoms with Gasteiger partial charge in [0.1, 0.15) is 5.82 Å². The summed E-state index contributed by atoms with van der Waals surface area (Å²) in [7, 11) is 0. The van der Waals surface area contributed by atoms with Crippen LogP contribution in [0.25, 0.3) is 0 Å². The molecule has 1 saturated heterocycles. The van der Waals surface area contributed by atoms with E-state index in [4.69, 9.17) is 4.74 Å². The standard InChI is InChI=1S/C23H27FN2O3/c1-15(2)21(17-7-9-19(24)10-8-17)22(27)25-20-6-4-5-18(13-20)23(28)26-11-12-29-16(3)14-26/h4-10,13,15-16,21H,11-12,14H2,1-3H3,(H,25,27). The molecule has 1 aliphatic rings. The Morgan fingerprint density at radius 1 is 1.17 bits per heavy atom. The SMILES string of the molecule is CC1CN(C(=O)c2cccc(NC(=O)C(c3ccc(F)cc3)C(C)C)c2)CCO1. The monoisotopic (exact) mass is 398 g/mol. The van der Waals surface area contributed by atoms with Crippen molar-refractivity contribution in [3.05, 3.63) is 65.5 Å². The maximum absolute atomic E-state index is 13.3. The molecule has 2 aromatic carbocycles. The Labute approximate surface area is 170 Å². The third-order valence-corrected chi connectivity index (χ3v) is 5.08. The highest BCUT2D eigenvalue weighted by Gasteiger charge is 2.25. The quantitative estimate of drug-likeness (QED) is 0.826. The summed E-state index contributed by atoms with van der Waals surface area (Å²) in [6.07, 6.45) is 0.0121. The van der Waals surface area contributed by atoms with E-state index in [9.17, 15) is 14.0 Å². The summed E-state index contributed by atoms with van der Waals surface area (Å²) in [5.41, 5.74) is 1.85. The number of benzene rings is 2. The molecule has 0 aliphatic carbocycles. The fraction of sp³-hybridized carbons (Fsp3) is 0.391. The number of nitrogens with zero attached hydrogens (tertiary/aromatic N) is 1. The lowest BCUT2D eigenvalue weighted by Crippen LogP contribution is -2.44. The second-order valence-electron chi connectivity index (χ2n) is 7.78. The molecule has 2 aromatic rings. The minimum absolute atomic E-state index is 0.0121. The molecule has 3 rings (SSSR count). The molecule has 0 radical (unpaired) electrons. The van der Waals surface area contributed by atoms with Crippen LogP contribution in [-0.4, -0.2) is 42.5 Å². The number of halogens is 1. The molecule has 1 N–H and O–H groups in total. The third kappa shape index (κ3) is 5.21. The summed E-state index contributed by atoms with van der Waals surface area (Å²) < 4.78 is 18.7. The van der Waals surface area contributed by atoms with Gasteiger partial charge >= 0.3 is 0 Å². The van der Waals surface area contributed by atoms with Gasteiger partial charge in [0.2, 0.25) is 5.91 Å². The molecule has 2 atom stereocenters. The van der Waals surface area contributed by atoms with Gasteiger partial charge in [-0.3, -0.25) is 9.59 Å². The van der Waals surface area contributed by atoms with Crippen molar-refractivity contribution in [1.82, 2.24) is 4.90 Å². The van der Waals surface area contributed by atoms with Crippen LogP contribution in [0.2, 0.25) is 0 Å². The van der Waals surface area contributed by atoms with Crippen molar-refractivity contribution in [1.29, 1.82) is 0 Å². The molecule has 5 nitrogen and oxygen atoms in total. The highest BCUT2D eigenvalue weighted by molar-refractivity contribution is 5.99. The van der Waals surface area contributed by atoms with Gasteiger partial charge in [0.15, 0.2) is 0 Å². The maximum Gasteiger partial charge on any atom is 0.254 e. The number of hydrogen-bond donors (Lipinski definition) is 1. The van der Waals surface area contributed by atoms with Crippen molar-refractivity contribution < 1.29 is 18.7 Å². The first kappa shape index (κ1) is 21.0. The average molecular weight is 398 g/mol. The summed E-state index contributed by atoms with van der Waals surface area (Å²) >= 11 is 0. The van der Waals surface area contributed by atoms with E-state index in [1.54, 1.807) is 41.3 Å². The van der Waals surface area contributed by atoms with Crippen molar-refractivity contribution in [2.45, 2.75) is 32.8 Å². The second-order valence-corrected chi connectivity index (χ2v) is 7.78. The molecule has 0 spiro atoms. The molecule has 154 valence electrons. The van der Waals surface area contributed by atoms with Gasteiger partial charge in [0.25, 0.3) is 5.91 Å². The van der Waals surface area contributed by atoms with E-state index in [0.29, 0.717) is 30.9 Å². The van der Waals surface area contributed by atoms with Crippen molar-refractivity contribution in [2.75, 3.05) is 25.0 Å². The van der Waals surface area contributed by atoms with Crippen LogP contribution in [0.5, 0.6) is 0 Å². The summed E-state index contributed by atoms with van der Waals surface area (Å²) in [5, 5.41) is 2.92. The van der Waals surface area contributed by atoms with Gasteiger partial charge < -0.3 is 15.0 Å². The normalized spacial score (nSPS) is 17.8. The fourth-order valence-corrected chi connectivity index (χ4v) is 3.64. The molecule has 1 heterocycles. The largest absolute Gasteiger partial charge is 0.375 e. The van der Waals surface area contributed by atoms with E-state index < -0.39 is 5.92 Å². The Morgan fingerprint density at radius 2 is 1.90 bits per heavy atom. The van der Waals surface area contributed by atoms with Crippen molar-refractivity contribution >= 4 is 17.5 Å². The summed E-state index contributed by atoms with van der Waals surface area (Å²) in [6.45, 7) is 7.48. The molecule has 0 saturated carbocycles. The van der Waals surface area contributed by atoms with Crippen molar-refractivity contribution in [3.8, 4) is 0 Å². The van der Waals surface area contributed by atoms with Gasteiger partial charge in [-0.05, 0) is 48.7 Å². The average Bonchev–Trinajstić information content (AvgIpc) is 2.69. The van der Waals surface area contributed by atoms with Crippen LogP contribution in [0, 0.1) is 11.7 Å². The number of carbonyl (C=O) groups excluding carboxylic acids is 2. The first-order valence-electron chi connectivity index (χ1n) is 9.92. The molecular weight excluding hydrogens is 371 g/mol. The zero-order valence-electron chi connectivity index (χ0n) is 17.0. The molecule has 29 heavy (non-hydrogen) atoms. The number of ether oxygens (including phenoxy) is 1. The zero-order valence-corrected chi connectivity index (χ0v) is 17.0. The topological polar surface area (TPSA) is 58.6 Å². The number of carbonyl (C=O) groups is 2. The molecule has 6 heteroatoms. The van der Waals surface area contributed by atoms with Crippen molar-refractivity contribution in [2.24, 2.45) is 5.92 Å². The first-order valence-corrected chi connectivity index (χ1v) is 9.92. The lowest BCUT2D eigenvalue weighted by atomic mass is 9.87. The van der Waals surface area contributed by atoms with Crippen LogP contribution >= 0.6 is 0 Å². The van der Waals surface area contributed by atoms with Gasteiger partial charge in [-0.15, -0.1) is 0 Å². The van der Waals surface area contributed by atoms with E-state index in [0.717, 1.165) is 5.56 Å². The molecule has 0 bridgehead atoms. The number of nitrogens with one attached hydrogen (secondary N) is 1. The van der Waals surface area contributed by atoms with Gasteiger partial charge in [-0.2, -0.15) is 0 Å². The molecule has 1 fully saturated rings. The van der Waals surface area contributed by atoms with Gasteiger partial charge in [0.05, 0.1) is 18.6 Å². The maximum atomic E-state index is 13.3. The Kier molecular flexibility index (Phi) is 6.64. The number of morpholine rings is 1. The number of amides is 2. The molecule has 1 aliphatic heterocycles. The molecule has 2 unspecified atom stereocenters.